The van der Waals surface area contributed by atoms with Gasteiger partial charge in [-0.15, -0.1) is 0 Å². The second-order valence-corrected chi connectivity index (χ2v) is 4.62. The standard InChI is InChI=1S/C12H14F2N4O3/c13-11(14)8-5-7(18(20)21)1-2-9(8)17-4-3-16-6-10(17)12(15)19/h1-2,5,10-11,16H,3-4,6H2,(H2,15,19). The zero-order valence-corrected chi connectivity index (χ0v) is 11.0. The minimum Gasteiger partial charge on any atom is -0.368 e. The third-order valence-electron chi connectivity index (χ3n) is 3.34. The fourth-order valence-electron chi connectivity index (χ4n) is 2.34. The number of halogens is 2. The summed E-state index contributed by atoms with van der Waals surface area (Å²) in [6.45, 7) is 1.06. The molecular weight excluding hydrogens is 286 g/mol. The van der Waals surface area contributed by atoms with Crippen molar-refractivity contribution in [3.05, 3.63) is 33.9 Å². The number of nitro benzene ring substituents is 1. The van der Waals surface area contributed by atoms with Crippen LogP contribution < -0.4 is 16.0 Å². The summed E-state index contributed by atoms with van der Waals surface area (Å²) in [5.74, 6) is -0.638. The molecule has 1 saturated heterocycles. The first kappa shape index (κ1) is 15.1. The number of nitrogens with two attached hydrogens (primary N) is 1. The Morgan fingerprint density at radius 1 is 1.52 bits per heavy atom. The van der Waals surface area contributed by atoms with E-state index < -0.39 is 34.5 Å². The lowest BCUT2D eigenvalue weighted by Gasteiger charge is -2.37. The highest BCUT2D eigenvalue weighted by atomic mass is 19.3. The van der Waals surface area contributed by atoms with Crippen LogP contribution in [0, 0.1) is 10.1 Å². The first-order chi connectivity index (χ1) is 9.91. The van der Waals surface area contributed by atoms with E-state index in [1.807, 2.05) is 0 Å². The van der Waals surface area contributed by atoms with Crippen LogP contribution in [0.5, 0.6) is 0 Å². The van der Waals surface area contributed by atoms with Gasteiger partial charge in [0.25, 0.3) is 12.1 Å². The molecule has 0 spiro atoms. The fraction of sp³-hybridized carbons (Fsp3) is 0.417. The van der Waals surface area contributed by atoms with Crippen LogP contribution in [0.2, 0.25) is 0 Å². The van der Waals surface area contributed by atoms with Gasteiger partial charge in [-0.05, 0) is 6.07 Å². The van der Waals surface area contributed by atoms with Crippen molar-refractivity contribution < 1.29 is 18.5 Å². The van der Waals surface area contributed by atoms with Gasteiger partial charge >= 0.3 is 0 Å². The van der Waals surface area contributed by atoms with E-state index in [1.165, 1.54) is 11.0 Å². The van der Waals surface area contributed by atoms with Crippen LogP contribution in [-0.2, 0) is 4.79 Å². The molecule has 1 aliphatic rings. The Balaban J connectivity index is 2.46. The molecule has 21 heavy (non-hydrogen) atoms. The second kappa shape index (κ2) is 6.00. The number of primary amides is 1. The topological polar surface area (TPSA) is 102 Å². The molecule has 0 radical (unpaired) electrons. The molecule has 1 heterocycles. The van der Waals surface area contributed by atoms with Gasteiger partial charge in [0.1, 0.15) is 6.04 Å². The number of benzene rings is 1. The number of alkyl halides is 2. The van der Waals surface area contributed by atoms with E-state index in [4.69, 9.17) is 5.73 Å². The van der Waals surface area contributed by atoms with Gasteiger partial charge in [-0.25, -0.2) is 8.78 Å². The maximum Gasteiger partial charge on any atom is 0.270 e. The molecule has 114 valence electrons. The lowest BCUT2D eigenvalue weighted by Crippen LogP contribution is -2.57. The van der Waals surface area contributed by atoms with Crippen molar-refractivity contribution in [3.8, 4) is 0 Å². The molecule has 1 amide bonds. The maximum absolute atomic E-state index is 13.2. The van der Waals surface area contributed by atoms with Crippen molar-refractivity contribution >= 4 is 17.3 Å². The number of rotatable bonds is 4. The van der Waals surface area contributed by atoms with Crippen LogP contribution in [-0.4, -0.2) is 36.5 Å². The van der Waals surface area contributed by atoms with E-state index in [1.54, 1.807) is 0 Å². The van der Waals surface area contributed by atoms with Gasteiger partial charge in [-0.1, -0.05) is 0 Å². The Labute approximate surface area is 118 Å². The molecule has 9 heteroatoms. The van der Waals surface area contributed by atoms with Gasteiger partial charge in [0.05, 0.1) is 4.92 Å². The molecule has 1 fully saturated rings. The Morgan fingerprint density at radius 2 is 2.24 bits per heavy atom. The van der Waals surface area contributed by atoms with E-state index in [-0.39, 0.29) is 12.2 Å². The largest absolute Gasteiger partial charge is 0.368 e. The first-order valence-electron chi connectivity index (χ1n) is 6.25. The van der Waals surface area contributed by atoms with E-state index in [9.17, 15) is 23.7 Å². The van der Waals surface area contributed by atoms with Crippen LogP contribution in [0.4, 0.5) is 20.2 Å². The number of non-ortho nitro benzene ring substituents is 1. The van der Waals surface area contributed by atoms with E-state index >= 15 is 0 Å². The summed E-state index contributed by atoms with van der Waals surface area (Å²) in [6, 6.07) is 2.44. The number of anilines is 1. The van der Waals surface area contributed by atoms with Crippen LogP contribution in [0.3, 0.4) is 0 Å². The van der Waals surface area contributed by atoms with Gasteiger partial charge in [0.2, 0.25) is 5.91 Å². The molecule has 1 atom stereocenters. The van der Waals surface area contributed by atoms with Gasteiger partial charge in [0, 0.05) is 43.0 Å². The molecule has 3 N–H and O–H groups in total. The molecule has 0 saturated carbocycles. The van der Waals surface area contributed by atoms with Gasteiger partial charge in [-0.3, -0.25) is 14.9 Å². The summed E-state index contributed by atoms with van der Waals surface area (Å²) in [7, 11) is 0. The Hall–Kier alpha value is -2.29. The highest BCUT2D eigenvalue weighted by Gasteiger charge is 2.30. The number of hydrogen-bond donors (Lipinski definition) is 2. The van der Waals surface area contributed by atoms with Gasteiger partial charge < -0.3 is 16.0 Å². The van der Waals surface area contributed by atoms with Crippen molar-refractivity contribution in [1.29, 1.82) is 0 Å². The molecule has 1 unspecified atom stereocenters. The Bertz CT molecular complexity index is 567. The van der Waals surface area contributed by atoms with Crippen LogP contribution in [0.1, 0.15) is 12.0 Å². The third kappa shape index (κ3) is 3.07. The third-order valence-corrected chi connectivity index (χ3v) is 3.34. The number of carbonyl (C=O) groups excluding carboxylic acids is 1. The molecule has 2 rings (SSSR count). The fourth-order valence-corrected chi connectivity index (χ4v) is 2.34. The number of nitrogens with one attached hydrogen (secondary N) is 1. The summed E-state index contributed by atoms with van der Waals surface area (Å²) < 4.78 is 26.3. The summed E-state index contributed by atoms with van der Waals surface area (Å²) in [6.07, 6.45) is -2.89. The average molecular weight is 300 g/mol. The molecule has 1 aliphatic heterocycles. The summed E-state index contributed by atoms with van der Waals surface area (Å²) in [4.78, 5) is 22.9. The number of amides is 1. The SMILES string of the molecule is NC(=O)C1CNCCN1c1ccc([N+](=O)[O-])cc1C(F)F. The highest BCUT2D eigenvalue weighted by Crippen LogP contribution is 2.34. The quantitative estimate of drug-likeness (QED) is 0.632. The summed E-state index contributed by atoms with van der Waals surface area (Å²) >= 11 is 0. The zero-order chi connectivity index (χ0) is 15.6. The van der Waals surface area contributed by atoms with Crippen molar-refractivity contribution in [1.82, 2.24) is 5.32 Å². The molecule has 1 aromatic carbocycles. The first-order valence-corrected chi connectivity index (χ1v) is 6.25. The van der Waals surface area contributed by atoms with E-state index in [0.29, 0.717) is 13.1 Å². The maximum atomic E-state index is 13.2. The molecule has 7 nitrogen and oxygen atoms in total. The normalized spacial score (nSPS) is 18.8. The summed E-state index contributed by atoms with van der Waals surface area (Å²) in [5, 5.41) is 13.7. The van der Waals surface area contributed by atoms with Crippen molar-refractivity contribution in [2.45, 2.75) is 12.5 Å². The summed E-state index contributed by atoms with van der Waals surface area (Å²) in [5.41, 5.74) is 4.49. The minimum atomic E-state index is -2.89. The number of nitro groups is 1. The predicted octanol–water partition coefficient (Wildman–Crippen LogP) is 0.796. The Kier molecular flexibility index (Phi) is 4.32. The number of carbonyl (C=O) groups is 1. The average Bonchev–Trinajstić information content (AvgIpc) is 2.46. The molecule has 0 aliphatic carbocycles. The number of hydrogen-bond acceptors (Lipinski definition) is 5. The minimum absolute atomic E-state index is 0.0981. The zero-order valence-electron chi connectivity index (χ0n) is 11.0. The van der Waals surface area contributed by atoms with Crippen LogP contribution >= 0.6 is 0 Å². The molecular formula is C12H14F2N4O3. The smallest absolute Gasteiger partial charge is 0.270 e. The van der Waals surface area contributed by atoms with E-state index in [0.717, 1.165) is 12.1 Å². The monoisotopic (exact) mass is 300 g/mol. The molecule has 0 bridgehead atoms. The Morgan fingerprint density at radius 3 is 2.81 bits per heavy atom. The van der Waals surface area contributed by atoms with Gasteiger partial charge in [0.15, 0.2) is 0 Å². The van der Waals surface area contributed by atoms with E-state index in [2.05, 4.69) is 5.32 Å². The van der Waals surface area contributed by atoms with Crippen molar-refractivity contribution in [3.63, 3.8) is 0 Å². The van der Waals surface area contributed by atoms with Crippen molar-refractivity contribution in [2.75, 3.05) is 24.5 Å². The lowest BCUT2D eigenvalue weighted by atomic mass is 10.1. The van der Waals surface area contributed by atoms with Crippen LogP contribution in [0.15, 0.2) is 18.2 Å². The number of piperazine rings is 1. The predicted molar refractivity (Wildman–Crippen MR) is 71.3 cm³/mol. The second-order valence-electron chi connectivity index (χ2n) is 4.62. The number of nitrogens with zero attached hydrogens (tertiary/aromatic N) is 2. The molecule has 1 aromatic rings. The van der Waals surface area contributed by atoms with Crippen molar-refractivity contribution in [2.24, 2.45) is 5.73 Å². The lowest BCUT2D eigenvalue weighted by molar-refractivity contribution is -0.385. The van der Waals surface area contributed by atoms with Gasteiger partial charge in [-0.2, -0.15) is 0 Å². The highest BCUT2D eigenvalue weighted by molar-refractivity contribution is 5.84. The van der Waals surface area contributed by atoms with Crippen LogP contribution in [0.25, 0.3) is 0 Å². The molecule has 0 aromatic heterocycles.